The fraction of sp³-hybridized carbons (Fsp3) is 0.400. The summed E-state index contributed by atoms with van der Waals surface area (Å²) in [5.41, 5.74) is 13.7. The number of rotatable bonds is 2. The van der Waals surface area contributed by atoms with Gasteiger partial charge in [-0.3, -0.25) is 9.59 Å². The van der Waals surface area contributed by atoms with Crippen LogP contribution in [0.3, 0.4) is 0 Å². The Morgan fingerprint density at radius 1 is 1.23 bits per heavy atom. The third-order valence-corrected chi connectivity index (χ3v) is 4.84. The summed E-state index contributed by atoms with van der Waals surface area (Å²) in [6.45, 7) is 5.47. The van der Waals surface area contributed by atoms with E-state index >= 15 is 0 Å². The van der Waals surface area contributed by atoms with E-state index in [2.05, 4.69) is 22.6 Å². The third-order valence-electron chi connectivity index (χ3n) is 4.84. The van der Waals surface area contributed by atoms with Gasteiger partial charge in [0.1, 0.15) is 5.82 Å². The molecule has 5 nitrogen and oxygen atoms in total. The lowest BCUT2D eigenvalue weighted by Crippen LogP contribution is -2.13. The van der Waals surface area contributed by atoms with Gasteiger partial charge >= 0.3 is 0 Å². The second-order valence-electron chi connectivity index (χ2n) is 6.53. The van der Waals surface area contributed by atoms with Crippen LogP contribution in [0, 0.1) is 31.5 Å². The van der Waals surface area contributed by atoms with Crippen molar-refractivity contribution in [1.29, 1.82) is 0 Å². The smallest absolute Gasteiger partial charge is 0.293 e. The number of fused-ring (bicyclic) bond motifs is 1. The molecule has 1 aliphatic carbocycles. The van der Waals surface area contributed by atoms with Crippen LogP contribution in [0.5, 0.6) is 0 Å². The molecule has 5 N–H and O–H groups in total. The summed E-state index contributed by atoms with van der Waals surface area (Å²) in [7, 11) is 0. The molecule has 0 spiro atoms. The maximum Gasteiger partial charge on any atom is 0.293 e. The van der Waals surface area contributed by atoms with Crippen molar-refractivity contribution in [2.24, 2.45) is 11.5 Å². The van der Waals surface area contributed by atoms with E-state index in [1.165, 1.54) is 6.07 Å². The minimum atomic E-state index is -0.590. The zero-order valence-electron chi connectivity index (χ0n) is 15.3. The number of aromatic nitrogens is 1. The average Bonchev–Trinajstić information content (AvgIpc) is 3.17. The number of halogens is 1. The van der Waals surface area contributed by atoms with E-state index in [1.54, 1.807) is 6.92 Å². The first-order valence-corrected chi connectivity index (χ1v) is 8.61. The van der Waals surface area contributed by atoms with Crippen LogP contribution in [0.4, 0.5) is 4.39 Å². The van der Waals surface area contributed by atoms with E-state index in [9.17, 15) is 14.0 Å². The summed E-state index contributed by atoms with van der Waals surface area (Å²) >= 11 is 0. The number of aromatic amines is 1. The summed E-state index contributed by atoms with van der Waals surface area (Å²) < 4.78 is 14.6. The Labute approximate surface area is 152 Å². The number of nitrogens with two attached hydrogens (primary N) is 2. The van der Waals surface area contributed by atoms with Crippen molar-refractivity contribution in [1.82, 2.24) is 4.98 Å². The molecule has 0 bridgehead atoms. The SMILES string of the molecule is CC#CC(N)=O.Cc1[nH]c2c(C(N)=O)cc(F)c(C3CCCC3)c2c1C. The van der Waals surface area contributed by atoms with Crippen LogP contribution in [0.2, 0.25) is 0 Å². The van der Waals surface area contributed by atoms with Gasteiger partial charge in [-0.25, -0.2) is 4.39 Å². The molecule has 26 heavy (non-hydrogen) atoms. The minimum Gasteiger partial charge on any atom is -0.366 e. The molecule has 0 radical (unpaired) electrons. The predicted molar refractivity (Wildman–Crippen MR) is 100 cm³/mol. The number of hydrogen-bond donors (Lipinski definition) is 3. The molecule has 1 aliphatic rings. The Morgan fingerprint density at radius 3 is 2.31 bits per heavy atom. The molecule has 0 unspecified atom stereocenters. The molecule has 0 atom stereocenters. The van der Waals surface area contributed by atoms with Gasteiger partial charge in [0, 0.05) is 16.6 Å². The van der Waals surface area contributed by atoms with Crippen molar-refractivity contribution in [3.63, 3.8) is 0 Å². The fourth-order valence-electron chi connectivity index (χ4n) is 3.58. The van der Waals surface area contributed by atoms with E-state index in [4.69, 9.17) is 5.73 Å². The van der Waals surface area contributed by atoms with Crippen LogP contribution in [-0.2, 0) is 4.79 Å². The van der Waals surface area contributed by atoms with Gasteiger partial charge in [-0.05, 0) is 57.1 Å². The van der Waals surface area contributed by atoms with Crippen LogP contribution < -0.4 is 11.5 Å². The fourth-order valence-corrected chi connectivity index (χ4v) is 3.58. The van der Waals surface area contributed by atoms with Crippen molar-refractivity contribution in [2.45, 2.75) is 52.4 Å². The largest absolute Gasteiger partial charge is 0.366 e. The molecule has 0 saturated heterocycles. The number of carbonyl (C=O) groups excluding carboxylic acids is 2. The normalized spacial score (nSPS) is 13.7. The first kappa shape index (κ1) is 19.5. The summed E-state index contributed by atoms with van der Waals surface area (Å²) in [5.74, 6) is 3.24. The lowest BCUT2D eigenvalue weighted by molar-refractivity contribution is -0.112. The maximum absolute atomic E-state index is 14.6. The standard InChI is InChI=1S/C16H19FN2O.C4H5NO/c1-8-9(2)19-15-11(16(18)20)7-12(17)14(13(8)15)10-5-3-4-6-10;1-2-3-4(5)6/h7,10,19H,3-6H2,1-2H3,(H2,18,20);1H3,(H2,5,6). The Morgan fingerprint density at radius 2 is 1.85 bits per heavy atom. The number of aryl methyl sites for hydroxylation is 2. The number of amides is 2. The number of carbonyl (C=O) groups is 2. The highest BCUT2D eigenvalue weighted by molar-refractivity contribution is 6.07. The zero-order chi connectivity index (χ0) is 19.4. The Kier molecular flexibility index (Phi) is 6.04. The molecule has 2 aromatic rings. The van der Waals surface area contributed by atoms with Crippen molar-refractivity contribution in [3.8, 4) is 11.8 Å². The monoisotopic (exact) mass is 357 g/mol. The highest BCUT2D eigenvalue weighted by Crippen LogP contribution is 2.41. The summed E-state index contributed by atoms with van der Waals surface area (Å²) in [6.07, 6.45) is 4.33. The van der Waals surface area contributed by atoms with Gasteiger partial charge in [0.05, 0.1) is 11.1 Å². The van der Waals surface area contributed by atoms with Gasteiger partial charge < -0.3 is 16.5 Å². The lowest BCUT2D eigenvalue weighted by atomic mass is 9.90. The molecule has 138 valence electrons. The lowest BCUT2D eigenvalue weighted by Gasteiger charge is -2.15. The van der Waals surface area contributed by atoms with Crippen molar-refractivity contribution in [3.05, 3.63) is 34.3 Å². The van der Waals surface area contributed by atoms with Gasteiger partial charge in [-0.2, -0.15) is 0 Å². The van der Waals surface area contributed by atoms with Gasteiger partial charge in [0.15, 0.2) is 0 Å². The highest BCUT2D eigenvalue weighted by Gasteiger charge is 2.27. The molecular weight excluding hydrogens is 333 g/mol. The predicted octanol–water partition coefficient (Wildman–Crippen LogP) is 3.18. The summed E-state index contributed by atoms with van der Waals surface area (Å²) in [4.78, 5) is 24.4. The highest BCUT2D eigenvalue weighted by atomic mass is 19.1. The van der Waals surface area contributed by atoms with Crippen LogP contribution in [0.1, 0.15) is 65.7 Å². The quantitative estimate of drug-likeness (QED) is 0.719. The van der Waals surface area contributed by atoms with Crippen LogP contribution in [0.15, 0.2) is 6.07 Å². The summed E-state index contributed by atoms with van der Waals surface area (Å²) in [6, 6.07) is 1.30. The zero-order valence-corrected chi connectivity index (χ0v) is 15.3. The Hall–Kier alpha value is -2.81. The number of primary amides is 2. The third kappa shape index (κ3) is 3.88. The van der Waals surface area contributed by atoms with E-state index in [1.807, 2.05) is 13.8 Å². The number of hydrogen-bond acceptors (Lipinski definition) is 2. The van der Waals surface area contributed by atoms with Gasteiger partial charge in [0.25, 0.3) is 11.8 Å². The topological polar surface area (TPSA) is 102 Å². The molecule has 1 saturated carbocycles. The molecule has 3 rings (SSSR count). The molecule has 1 fully saturated rings. The van der Waals surface area contributed by atoms with E-state index in [0.29, 0.717) is 5.52 Å². The van der Waals surface area contributed by atoms with Gasteiger partial charge in [0.2, 0.25) is 0 Å². The number of H-pyrrole nitrogens is 1. The molecule has 0 aliphatic heterocycles. The molecule has 1 aromatic carbocycles. The summed E-state index contributed by atoms with van der Waals surface area (Å²) in [5, 5.41) is 0.864. The van der Waals surface area contributed by atoms with Crippen molar-refractivity contribution >= 4 is 22.7 Å². The van der Waals surface area contributed by atoms with Crippen molar-refractivity contribution < 1.29 is 14.0 Å². The van der Waals surface area contributed by atoms with Crippen LogP contribution in [-0.4, -0.2) is 16.8 Å². The van der Waals surface area contributed by atoms with E-state index in [-0.39, 0.29) is 17.3 Å². The average molecular weight is 357 g/mol. The first-order chi connectivity index (χ1) is 12.3. The Balaban J connectivity index is 0.000000352. The van der Waals surface area contributed by atoms with E-state index in [0.717, 1.165) is 47.9 Å². The first-order valence-electron chi connectivity index (χ1n) is 8.61. The second-order valence-corrected chi connectivity index (χ2v) is 6.53. The number of benzene rings is 1. The molecular formula is C20H24FN3O2. The van der Waals surface area contributed by atoms with Crippen LogP contribution in [0.25, 0.3) is 10.9 Å². The maximum atomic E-state index is 14.6. The Bertz CT molecular complexity index is 913. The van der Waals surface area contributed by atoms with Crippen molar-refractivity contribution in [2.75, 3.05) is 0 Å². The molecule has 1 heterocycles. The number of nitrogens with one attached hydrogen (secondary N) is 1. The second kappa shape index (κ2) is 8.05. The molecule has 6 heteroatoms. The van der Waals surface area contributed by atoms with Crippen LogP contribution >= 0.6 is 0 Å². The molecule has 1 aromatic heterocycles. The minimum absolute atomic E-state index is 0.246. The molecule has 2 amide bonds. The van der Waals surface area contributed by atoms with Gasteiger partial charge in [-0.15, -0.1) is 0 Å². The van der Waals surface area contributed by atoms with E-state index < -0.39 is 11.8 Å². The van der Waals surface area contributed by atoms with Gasteiger partial charge in [-0.1, -0.05) is 18.8 Å².